The van der Waals surface area contributed by atoms with E-state index >= 15 is 4.39 Å². The zero-order chi connectivity index (χ0) is 23.1. The molecule has 1 amide bonds. The van der Waals surface area contributed by atoms with E-state index in [4.69, 9.17) is 11.6 Å². The molecule has 1 atom stereocenters. The van der Waals surface area contributed by atoms with Crippen LogP contribution in [0.4, 0.5) is 10.1 Å². The van der Waals surface area contributed by atoms with E-state index in [0.29, 0.717) is 22.0 Å². The maximum atomic E-state index is 15.3. The highest BCUT2D eigenvalue weighted by Crippen LogP contribution is 2.40. The summed E-state index contributed by atoms with van der Waals surface area (Å²) in [5.74, 6) is -0.984. The van der Waals surface area contributed by atoms with Crippen molar-refractivity contribution >= 4 is 35.0 Å². The highest BCUT2D eigenvalue weighted by molar-refractivity contribution is 7.98. The monoisotopic (exact) mass is 479 g/mol. The summed E-state index contributed by atoms with van der Waals surface area (Å²) in [4.78, 5) is 31.2. The number of rotatable bonds is 3. The van der Waals surface area contributed by atoms with Crippen molar-refractivity contribution in [3.05, 3.63) is 105 Å². The van der Waals surface area contributed by atoms with Crippen molar-refractivity contribution < 1.29 is 13.9 Å². The van der Waals surface area contributed by atoms with Crippen LogP contribution in [0, 0.1) is 5.82 Å². The normalized spacial score (nSPS) is 14.5. The van der Waals surface area contributed by atoms with Gasteiger partial charge in [0.05, 0.1) is 21.8 Å². The minimum absolute atomic E-state index is 0.0503. The number of carbonyl (C=O) groups is 1. The van der Waals surface area contributed by atoms with Gasteiger partial charge in [-0.2, -0.15) is 0 Å². The van der Waals surface area contributed by atoms with Crippen molar-refractivity contribution in [3.63, 3.8) is 0 Å². The summed E-state index contributed by atoms with van der Waals surface area (Å²) < 4.78 is 16.7. The van der Waals surface area contributed by atoms with Crippen molar-refractivity contribution in [2.24, 2.45) is 0 Å². The molecule has 5 rings (SSSR count). The van der Waals surface area contributed by atoms with Crippen molar-refractivity contribution in [3.8, 4) is 11.3 Å². The fourth-order valence-electron chi connectivity index (χ4n) is 4.02. The molecule has 0 radical (unpaired) electrons. The molecule has 1 N–H and O–H groups in total. The highest BCUT2D eigenvalue weighted by Gasteiger charge is 2.47. The first kappa shape index (κ1) is 21.4. The fourth-order valence-corrected chi connectivity index (χ4v) is 4.65. The molecule has 1 aromatic heterocycles. The summed E-state index contributed by atoms with van der Waals surface area (Å²) in [5.41, 5.74) is 1.24. The summed E-state index contributed by atoms with van der Waals surface area (Å²) in [5, 5.41) is 5.01. The van der Waals surface area contributed by atoms with Gasteiger partial charge in [-0.1, -0.05) is 59.8 Å². The topological polar surface area (TPSA) is 69.9 Å². The van der Waals surface area contributed by atoms with Gasteiger partial charge in [0.15, 0.2) is 0 Å². The first-order valence-corrected chi connectivity index (χ1v) is 11.6. The van der Waals surface area contributed by atoms with Crippen LogP contribution in [-0.4, -0.2) is 22.2 Å². The van der Waals surface area contributed by atoms with E-state index in [1.165, 1.54) is 33.5 Å². The predicted molar refractivity (Wildman–Crippen MR) is 125 cm³/mol. The number of para-hydroxylation sites is 1. The lowest BCUT2D eigenvalue weighted by Gasteiger charge is -2.32. The molecule has 164 valence electrons. The average molecular weight is 480 g/mol. The Balaban J connectivity index is 1.89. The van der Waals surface area contributed by atoms with Crippen LogP contribution in [0.3, 0.4) is 0 Å². The van der Waals surface area contributed by atoms with Crippen LogP contribution in [0.5, 0.6) is 0 Å². The summed E-state index contributed by atoms with van der Waals surface area (Å²) in [7, 11) is 0. The second-order valence-corrected chi connectivity index (χ2v) is 8.53. The number of hydrogen-bond acceptors (Lipinski definition) is 4. The molecule has 4 aromatic rings. The molecule has 0 bridgehead atoms. The van der Waals surface area contributed by atoms with Gasteiger partial charge < -0.3 is 0 Å². The number of fused-ring (bicyclic) bond motifs is 3. The fraction of sp³-hybridized carbons (Fsp3) is 0.0833. The summed E-state index contributed by atoms with van der Waals surface area (Å²) in [6, 6.07) is 20.0. The van der Waals surface area contributed by atoms with Gasteiger partial charge in [-0.25, -0.2) is 9.29 Å². The molecular formula is C24H17ClFN4O2S+. The molecule has 2 heterocycles. The third-order valence-corrected chi connectivity index (χ3v) is 6.35. The van der Waals surface area contributed by atoms with Gasteiger partial charge >= 0.3 is 11.3 Å². The van der Waals surface area contributed by atoms with Crippen LogP contribution in [0.2, 0.25) is 5.02 Å². The molecule has 0 fully saturated rings. The van der Waals surface area contributed by atoms with Crippen molar-refractivity contribution in [1.82, 2.24) is 10.1 Å². The molecule has 9 heteroatoms. The highest BCUT2D eigenvalue weighted by atomic mass is 35.5. The smallest absolute Gasteiger partial charge is 0.291 e. The molecule has 6 nitrogen and oxygen atoms in total. The Labute approximate surface area is 197 Å². The number of hydrogen-bond donors (Lipinski definition) is 1. The molecule has 0 saturated carbocycles. The Hall–Kier alpha value is -3.49. The van der Waals surface area contributed by atoms with E-state index < -0.39 is 17.5 Å². The maximum Gasteiger partial charge on any atom is 0.325 e. The number of anilines is 1. The second-order valence-electron chi connectivity index (χ2n) is 7.32. The van der Waals surface area contributed by atoms with Gasteiger partial charge in [0, 0.05) is 10.7 Å². The van der Waals surface area contributed by atoms with E-state index in [2.05, 4.69) is 10.1 Å². The molecule has 33 heavy (non-hydrogen) atoms. The lowest BCUT2D eigenvalue weighted by molar-refractivity contribution is -0.763. The van der Waals surface area contributed by atoms with E-state index in [0.717, 1.165) is 0 Å². The lowest BCUT2D eigenvalue weighted by atomic mass is 10.00. The van der Waals surface area contributed by atoms with Crippen LogP contribution in [0.1, 0.15) is 22.1 Å². The molecule has 1 aliphatic heterocycles. The minimum Gasteiger partial charge on any atom is -0.291 e. The van der Waals surface area contributed by atoms with Crippen LogP contribution >= 0.6 is 23.4 Å². The molecule has 3 aromatic carbocycles. The largest absolute Gasteiger partial charge is 0.325 e. The van der Waals surface area contributed by atoms with E-state index in [-0.39, 0.29) is 22.2 Å². The van der Waals surface area contributed by atoms with E-state index in [1.54, 1.807) is 60.9 Å². The number of aromatic nitrogens is 3. The summed E-state index contributed by atoms with van der Waals surface area (Å²) in [6.07, 6.45) is 0.643. The maximum absolute atomic E-state index is 15.3. The molecular weight excluding hydrogens is 463 g/mol. The van der Waals surface area contributed by atoms with E-state index in [9.17, 15) is 9.59 Å². The van der Waals surface area contributed by atoms with Gasteiger partial charge in [-0.15, -0.1) is 0 Å². The number of thioether (sulfide) groups is 1. The Morgan fingerprint density at radius 3 is 2.55 bits per heavy atom. The number of nitrogens with zero attached hydrogens (tertiary/aromatic N) is 3. The number of benzene rings is 3. The van der Waals surface area contributed by atoms with Crippen molar-refractivity contribution in [2.75, 3.05) is 11.2 Å². The Morgan fingerprint density at radius 2 is 1.82 bits per heavy atom. The Bertz CT molecular complexity index is 1420. The van der Waals surface area contributed by atoms with Gasteiger partial charge in [-0.05, 0) is 47.3 Å². The zero-order valence-electron chi connectivity index (χ0n) is 17.3. The number of amides is 1. The SMILES string of the molecule is CSc1n[n+]2c(c(=O)[nH]1)-c1ccccc1N(C(=O)c1ccccc1)[C@@H]2c1c(F)cccc1Cl. The van der Waals surface area contributed by atoms with E-state index in [1.807, 2.05) is 6.07 Å². The van der Waals surface area contributed by atoms with Crippen molar-refractivity contribution in [2.45, 2.75) is 11.3 Å². The zero-order valence-corrected chi connectivity index (χ0v) is 18.9. The molecule has 0 spiro atoms. The molecule has 1 aliphatic rings. The average Bonchev–Trinajstić information content (AvgIpc) is 2.83. The number of nitrogens with one attached hydrogen (secondary N) is 1. The third-order valence-electron chi connectivity index (χ3n) is 5.45. The van der Waals surface area contributed by atoms with Crippen LogP contribution in [0.15, 0.2) is 82.7 Å². The summed E-state index contributed by atoms with van der Waals surface area (Å²) in [6.45, 7) is 0. The molecule has 0 unspecified atom stereocenters. The van der Waals surface area contributed by atoms with Gasteiger partial charge in [0.25, 0.3) is 12.1 Å². The number of halogens is 2. The number of carbonyl (C=O) groups excluding carboxylic acids is 1. The number of H-pyrrole nitrogens is 1. The first-order valence-electron chi connectivity index (χ1n) is 10.0. The Kier molecular flexibility index (Phi) is 5.47. The quantitative estimate of drug-likeness (QED) is 0.348. The molecule has 0 aliphatic carbocycles. The third kappa shape index (κ3) is 3.51. The van der Waals surface area contributed by atoms with Gasteiger partial charge in [0.2, 0.25) is 5.16 Å². The standard InChI is InChI=1S/C24H16ClFN4O2S/c1-33-24-27-21(31)20-15-10-5-6-13-18(15)29(23(32)14-8-3-2-4-9-14)22(30(20)28-24)19-16(25)11-7-12-17(19)26/h2-13,22H,1H3/p+1/t22-/m0/s1. The van der Waals surface area contributed by atoms with Crippen LogP contribution < -0.4 is 15.1 Å². The first-order chi connectivity index (χ1) is 16.0. The van der Waals surface area contributed by atoms with Gasteiger partial charge in [-0.3, -0.25) is 14.6 Å². The van der Waals surface area contributed by atoms with Gasteiger partial charge in [0.1, 0.15) is 5.82 Å². The van der Waals surface area contributed by atoms with Crippen LogP contribution in [0.25, 0.3) is 11.3 Å². The number of aromatic amines is 1. The predicted octanol–water partition coefficient (Wildman–Crippen LogP) is 4.45. The Morgan fingerprint density at radius 1 is 1.09 bits per heavy atom. The second kappa shape index (κ2) is 8.46. The van der Waals surface area contributed by atoms with Crippen LogP contribution in [-0.2, 0) is 0 Å². The van der Waals surface area contributed by atoms with Crippen molar-refractivity contribution in [1.29, 1.82) is 0 Å². The minimum atomic E-state index is -1.12. The lowest BCUT2D eigenvalue weighted by Crippen LogP contribution is -2.61. The molecule has 0 saturated heterocycles. The summed E-state index contributed by atoms with van der Waals surface area (Å²) >= 11 is 7.71.